The van der Waals surface area contributed by atoms with E-state index in [0.29, 0.717) is 16.9 Å². The van der Waals surface area contributed by atoms with Crippen molar-refractivity contribution in [3.63, 3.8) is 0 Å². The van der Waals surface area contributed by atoms with Gasteiger partial charge in [-0.05, 0) is 124 Å². The second kappa shape index (κ2) is 10.6. The fraction of sp³-hybridized carbons (Fsp3) is 0.938. The molecule has 2 aliphatic heterocycles. The molecular formula is C32H55BrN2O. The summed E-state index contributed by atoms with van der Waals surface area (Å²) in [4.78, 5) is 2.71. The second-order valence-electron chi connectivity index (χ2n) is 14.8. The van der Waals surface area contributed by atoms with Crippen LogP contribution in [0.2, 0.25) is 0 Å². The van der Waals surface area contributed by atoms with Gasteiger partial charge >= 0.3 is 0 Å². The Labute approximate surface area is 232 Å². The molecule has 1 N–H and O–H groups in total. The van der Waals surface area contributed by atoms with E-state index in [2.05, 4.69) is 31.4 Å². The van der Waals surface area contributed by atoms with E-state index >= 15 is 0 Å². The van der Waals surface area contributed by atoms with Crippen molar-refractivity contribution < 1.29 is 26.6 Å². The molecule has 0 radical (unpaired) electrons. The molecule has 9 unspecified atom stereocenters. The van der Waals surface area contributed by atoms with Crippen molar-refractivity contribution in [1.29, 1.82) is 0 Å². The fourth-order valence-corrected chi connectivity index (χ4v) is 11.4. The molecule has 2 saturated heterocycles. The van der Waals surface area contributed by atoms with Crippen LogP contribution in [-0.4, -0.2) is 65.4 Å². The minimum absolute atomic E-state index is 0. The lowest BCUT2D eigenvalue weighted by atomic mass is 9.44. The lowest BCUT2D eigenvalue weighted by Gasteiger charge is -2.62. The van der Waals surface area contributed by atoms with Gasteiger partial charge in [-0.3, -0.25) is 4.90 Å². The summed E-state index contributed by atoms with van der Waals surface area (Å²) in [5.41, 5.74) is 1.02. The van der Waals surface area contributed by atoms with Crippen LogP contribution in [0, 0.1) is 34.5 Å². The maximum absolute atomic E-state index is 11.3. The Balaban J connectivity index is 0.00000267. The Hall–Kier alpha value is 0.100. The van der Waals surface area contributed by atoms with E-state index in [1.54, 1.807) is 0 Å². The van der Waals surface area contributed by atoms with E-state index in [9.17, 15) is 5.11 Å². The van der Waals surface area contributed by atoms with Gasteiger partial charge in [-0.25, -0.2) is 0 Å². The molecule has 4 saturated carbocycles. The first-order chi connectivity index (χ1) is 16.9. The highest BCUT2D eigenvalue weighted by molar-refractivity contribution is 5.11. The van der Waals surface area contributed by atoms with Gasteiger partial charge in [0.15, 0.2) is 0 Å². The molecule has 3 nitrogen and oxygen atoms in total. The van der Waals surface area contributed by atoms with Gasteiger partial charge in [-0.1, -0.05) is 26.8 Å². The van der Waals surface area contributed by atoms with E-state index in [-0.39, 0.29) is 23.1 Å². The third-order valence-electron chi connectivity index (χ3n) is 13.3. The summed E-state index contributed by atoms with van der Waals surface area (Å²) in [5.74, 6) is 3.52. The van der Waals surface area contributed by atoms with Crippen LogP contribution >= 0.6 is 0 Å². The van der Waals surface area contributed by atoms with Gasteiger partial charge in [-0.15, -0.1) is 0 Å². The first kappa shape index (κ1) is 27.7. The van der Waals surface area contributed by atoms with Gasteiger partial charge in [-0.2, -0.15) is 0 Å². The molecule has 0 aromatic heterocycles. The monoisotopic (exact) mass is 562 g/mol. The first-order valence-corrected chi connectivity index (χ1v) is 15.8. The van der Waals surface area contributed by atoms with Crippen LogP contribution in [0.4, 0.5) is 0 Å². The summed E-state index contributed by atoms with van der Waals surface area (Å²) in [6.07, 6.45) is 21.6. The normalized spacial score (nSPS) is 48.7. The van der Waals surface area contributed by atoms with Crippen LogP contribution < -0.4 is 17.0 Å². The molecule has 0 aromatic carbocycles. The van der Waals surface area contributed by atoms with Gasteiger partial charge in [0, 0.05) is 18.9 Å². The highest BCUT2D eigenvalue weighted by Crippen LogP contribution is 2.67. The van der Waals surface area contributed by atoms with Crippen LogP contribution in [0.15, 0.2) is 12.7 Å². The highest BCUT2D eigenvalue weighted by atomic mass is 79.9. The summed E-state index contributed by atoms with van der Waals surface area (Å²) >= 11 is 0. The fourth-order valence-electron chi connectivity index (χ4n) is 11.4. The molecular weight excluding hydrogens is 508 g/mol. The van der Waals surface area contributed by atoms with Crippen LogP contribution in [0.1, 0.15) is 104 Å². The van der Waals surface area contributed by atoms with E-state index < -0.39 is 0 Å². The van der Waals surface area contributed by atoms with Crippen molar-refractivity contribution in [2.24, 2.45) is 34.5 Å². The lowest BCUT2D eigenvalue weighted by molar-refractivity contribution is -0.950. The van der Waals surface area contributed by atoms with Gasteiger partial charge < -0.3 is 26.6 Å². The quantitative estimate of drug-likeness (QED) is 0.419. The smallest absolute Gasteiger partial charge is 0.0973 e. The number of quaternary nitrogens is 1. The van der Waals surface area contributed by atoms with Crippen molar-refractivity contribution >= 4 is 0 Å². The highest BCUT2D eigenvalue weighted by Gasteiger charge is 2.62. The molecule has 0 aromatic rings. The zero-order chi connectivity index (χ0) is 24.3. The van der Waals surface area contributed by atoms with Gasteiger partial charge in [0.2, 0.25) is 0 Å². The minimum Gasteiger partial charge on any atom is -1.00 e. The Morgan fingerprint density at radius 1 is 0.917 bits per heavy atom. The molecule has 0 spiro atoms. The Bertz CT molecular complexity index is 776. The average molecular weight is 564 g/mol. The van der Waals surface area contributed by atoms with Crippen LogP contribution in [-0.2, 0) is 0 Å². The summed E-state index contributed by atoms with van der Waals surface area (Å²) in [7, 11) is 0. The van der Waals surface area contributed by atoms with Crippen LogP contribution in [0.25, 0.3) is 0 Å². The average Bonchev–Trinajstić information content (AvgIpc) is 3.24. The molecule has 206 valence electrons. The van der Waals surface area contributed by atoms with E-state index in [1.165, 1.54) is 121 Å². The molecule has 6 fully saturated rings. The van der Waals surface area contributed by atoms with Gasteiger partial charge in [0.25, 0.3) is 0 Å². The molecule has 4 heteroatoms. The number of rotatable bonds is 4. The minimum atomic E-state index is -0.0881. The van der Waals surface area contributed by atoms with E-state index in [4.69, 9.17) is 0 Å². The molecule has 36 heavy (non-hydrogen) atoms. The predicted octanol–water partition coefficient (Wildman–Crippen LogP) is 3.41. The SMILES string of the molecule is C=CC[N+]1(C2CC3C4CCC5CC(O)C(N6CCCCC6)CC5(C)C4CCC3(C)C2)CCCCC1.[Br-]. The van der Waals surface area contributed by atoms with Crippen molar-refractivity contribution in [2.75, 3.05) is 32.7 Å². The van der Waals surface area contributed by atoms with E-state index in [1.807, 2.05) is 0 Å². The van der Waals surface area contributed by atoms with Crippen molar-refractivity contribution in [2.45, 2.75) is 122 Å². The maximum Gasteiger partial charge on any atom is 0.0973 e. The number of halogens is 1. The number of piperidine rings is 2. The predicted molar refractivity (Wildman–Crippen MR) is 145 cm³/mol. The molecule has 0 bridgehead atoms. The Kier molecular flexibility index (Phi) is 8.13. The molecule has 4 aliphatic carbocycles. The third kappa shape index (κ3) is 4.50. The standard InChI is InChI=1S/C32H55N2O.BrH/c1-4-17-34(18-9-6-10-19-34)25-21-28-26-12-11-24-20-30(35)29(33-15-7-5-8-16-33)23-32(24,3)27(26)13-14-31(28,2)22-25;/h4,24-30,35H,1,5-23H2,2-3H3;1H/q+1;/p-1. The third-order valence-corrected chi connectivity index (χ3v) is 13.3. The van der Waals surface area contributed by atoms with Crippen LogP contribution in [0.3, 0.4) is 0 Å². The van der Waals surface area contributed by atoms with Crippen molar-refractivity contribution in [3.8, 4) is 0 Å². The van der Waals surface area contributed by atoms with Crippen LogP contribution in [0.5, 0.6) is 0 Å². The molecule has 6 aliphatic rings. The Morgan fingerprint density at radius 2 is 1.64 bits per heavy atom. The second-order valence-corrected chi connectivity index (χ2v) is 14.8. The van der Waals surface area contributed by atoms with Crippen molar-refractivity contribution in [1.82, 2.24) is 4.90 Å². The zero-order valence-electron chi connectivity index (χ0n) is 23.5. The summed E-state index contributed by atoms with van der Waals surface area (Å²) in [6.45, 7) is 16.1. The number of hydrogen-bond acceptors (Lipinski definition) is 2. The number of fused-ring (bicyclic) bond motifs is 5. The number of likely N-dealkylation sites (tertiary alicyclic amines) is 2. The summed E-state index contributed by atoms with van der Waals surface area (Å²) in [6, 6.07) is 1.30. The largest absolute Gasteiger partial charge is 1.00 e. The molecule has 0 amide bonds. The maximum atomic E-state index is 11.3. The number of hydrogen-bond donors (Lipinski definition) is 1. The first-order valence-electron chi connectivity index (χ1n) is 15.8. The number of aliphatic hydroxyl groups is 1. The zero-order valence-corrected chi connectivity index (χ0v) is 25.1. The molecule has 6 rings (SSSR count). The van der Waals surface area contributed by atoms with Gasteiger partial charge in [0.05, 0.1) is 31.8 Å². The van der Waals surface area contributed by atoms with Gasteiger partial charge in [0.1, 0.15) is 0 Å². The lowest BCUT2D eigenvalue weighted by Crippen LogP contribution is -3.00. The Morgan fingerprint density at radius 3 is 2.36 bits per heavy atom. The number of nitrogens with zero attached hydrogens (tertiary/aromatic N) is 2. The summed E-state index contributed by atoms with van der Waals surface area (Å²) in [5, 5.41) is 11.3. The molecule has 9 atom stereocenters. The number of aliphatic hydroxyl groups excluding tert-OH is 1. The topological polar surface area (TPSA) is 23.5 Å². The summed E-state index contributed by atoms with van der Waals surface area (Å²) < 4.78 is 1.37. The van der Waals surface area contributed by atoms with E-state index in [0.717, 1.165) is 36.1 Å². The molecule has 2 heterocycles. The van der Waals surface area contributed by atoms with Crippen molar-refractivity contribution in [3.05, 3.63) is 12.7 Å².